The lowest BCUT2D eigenvalue weighted by molar-refractivity contribution is 1.26. The lowest BCUT2D eigenvalue weighted by Crippen LogP contribution is -2.13. The van der Waals surface area contributed by atoms with Crippen LogP contribution >= 0.6 is 22.7 Å². The van der Waals surface area contributed by atoms with Crippen LogP contribution in [0, 0.1) is 0 Å². The van der Waals surface area contributed by atoms with E-state index in [9.17, 15) is 0 Å². The second kappa shape index (κ2) is 18.0. The Morgan fingerprint density at radius 1 is 0.258 bits per heavy atom. The van der Waals surface area contributed by atoms with E-state index in [1.807, 2.05) is 36.5 Å². The molecule has 0 aliphatic carbocycles. The molecule has 0 saturated heterocycles. The van der Waals surface area contributed by atoms with Crippen LogP contribution < -0.4 is 9.80 Å². The van der Waals surface area contributed by atoms with Crippen molar-refractivity contribution in [1.29, 1.82) is 0 Å². The summed E-state index contributed by atoms with van der Waals surface area (Å²) in [5, 5.41) is 5.10. The number of thiophene rings is 2. The van der Waals surface area contributed by atoms with Crippen molar-refractivity contribution in [3.05, 3.63) is 243 Å². The monoisotopic (exact) mass is 882 g/mol. The fraction of sp³-hybridized carbons (Fsp3) is 0.0323. The number of benzene rings is 10. The minimum absolute atomic E-state index is 1.08. The average molecular weight is 883 g/mol. The minimum Gasteiger partial charge on any atom is -0.310 e. The topological polar surface area (TPSA) is 6.48 Å². The SMILES string of the molecule is CC.c1ccc(-c2ccc(N(c3ccccc3)c3cc(N(c4ccccc4)c4ccc(-c5ccccc5)cc4)c4sc5ccc(-c6ccc7sc8ccccc8c7c6)cc5c4c3)cc2)cc1. The van der Waals surface area contributed by atoms with E-state index in [1.165, 1.54) is 73.7 Å². The molecule has 0 aliphatic heterocycles. The molecule has 2 heterocycles. The van der Waals surface area contributed by atoms with Crippen molar-refractivity contribution in [3.8, 4) is 33.4 Å². The van der Waals surface area contributed by atoms with Crippen LogP contribution in [-0.4, -0.2) is 0 Å². The van der Waals surface area contributed by atoms with Crippen LogP contribution in [0.25, 0.3) is 73.7 Å². The zero-order valence-electron chi connectivity index (χ0n) is 36.8. The van der Waals surface area contributed by atoms with Gasteiger partial charge in [-0.25, -0.2) is 0 Å². The summed E-state index contributed by atoms with van der Waals surface area (Å²) in [4.78, 5) is 4.84. The van der Waals surface area contributed by atoms with Gasteiger partial charge in [0, 0.05) is 64.1 Å². The third-order valence-electron chi connectivity index (χ3n) is 12.2. The van der Waals surface area contributed by atoms with Gasteiger partial charge in [0.1, 0.15) is 0 Å². The highest BCUT2D eigenvalue weighted by molar-refractivity contribution is 7.26. The van der Waals surface area contributed by atoms with Gasteiger partial charge in [0.15, 0.2) is 0 Å². The number of anilines is 6. The van der Waals surface area contributed by atoms with Crippen LogP contribution in [0.15, 0.2) is 243 Å². The Kier molecular flexibility index (Phi) is 11.2. The Morgan fingerprint density at radius 3 is 1.21 bits per heavy atom. The molecular formula is C62H46N2S2. The molecule has 2 aromatic heterocycles. The van der Waals surface area contributed by atoms with Gasteiger partial charge in [0.25, 0.3) is 0 Å². The molecule has 2 nitrogen and oxygen atoms in total. The van der Waals surface area contributed by atoms with Crippen LogP contribution in [0.3, 0.4) is 0 Å². The van der Waals surface area contributed by atoms with Gasteiger partial charge >= 0.3 is 0 Å². The molecule has 0 unspecified atom stereocenters. The Bertz CT molecular complexity index is 3580. The number of rotatable bonds is 9. The van der Waals surface area contributed by atoms with Crippen LogP contribution in [0.5, 0.6) is 0 Å². The molecule has 12 aromatic rings. The molecule has 0 amide bonds. The fourth-order valence-corrected chi connectivity index (χ4v) is 11.4. The van der Waals surface area contributed by atoms with Gasteiger partial charge in [-0.3, -0.25) is 0 Å². The lowest BCUT2D eigenvalue weighted by atomic mass is 10.00. The van der Waals surface area contributed by atoms with Gasteiger partial charge in [0.05, 0.1) is 10.4 Å². The molecule has 12 rings (SSSR count). The number of nitrogens with zero attached hydrogens (tertiary/aromatic N) is 2. The van der Waals surface area contributed by atoms with Gasteiger partial charge in [0.2, 0.25) is 0 Å². The summed E-state index contributed by atoms with van der Waals surface area (Å²) in [6.45, 7) is 4.00. The Balaban J connectivity index is 0.00000238. The Hall–Kier alpha value is -7.76. The summed E-state index contributed by atoms with van der Waals surface area (Å²) >= 11 is 3.73. The Morgan fingerprint density at radius 2 is 0.652 bits per heavy atom. The minimum atomic E-state index is 1.08. The molecule has 0 saturated carbocycles. The number of hydrogen-bond acceptors (Lipinski definition) is 4. The molecule has 0 spiro atoms. The van der Waals surface area contributed by atoms with Crippen molar-refractivity contribution in [2.45, 2.75) is 13.8 Å². The summed E-state index contributed by atoms with van der Waals surface area (Å²) in [5.74, 6) is 0. The zero-order valence-corrected chi connectivity index (χ0v) is 38.4. The summed E-state index contributed by atoms with van der Waals surface area (Å²) in [7, 11) is 0. The predicted octanol–water partition coefficient (Wildman–Crippen LogP) is 19.4. The van der Waals surface area contributed by atoms with Gasteiger partial charge in [-0.15, -0.1) is 22.7 Å². The number of para-hydroxylation sites is 2. The van der Waals surface area contributed by atoms with Crippen molar-refractivity contribution in [3.63, 3.8) is 0 Å². The van der Waals surface area contributed by atoms with Crippen LogP contribution in [0.1, 0.15) is 13.8 Å². The fourth-order valence-electron chi connectivity index (χ4n) is 9.12. The van der Waals surface area contributed by atoms with E-state index >= 15 is 0 Å². The first-order valence-electron chi connectivity index (χ1n) is 22.7. The smallest absolute Gasteiger partial charge is 0.0661 e. The molecule has 0 aliphatic rings. The quantitative estimate of drug-likeness (QED) is 0.143. The first-order chi connectivity index (χ1) is 32.7. The molecule has 0 radical (unpaired) electrons. The van der Waals surface area contributed by atoms with E-state index in [0.717, 1.165) is 34.1 Å². The second-order valence-corrected chi connectivity index (χ2v) is 18.3. The zero-order chi connectivity index (χ0) is 44.4. The summed E-state index contributed by atoms with van der Waals surface area (Å²) < 4.78 is 5.13. The van der Waals surface area contributed by atoms with Crippen LogP contribution in [-0.2, 0) is 0 Å². The molecule has 316 valence electrons. The molecule has 0 atom stereocenters. The van der Waals surface area contributed by atoms with E-state index in [-0.39, 0.29) is 0 Å². The van der Waals surface area contributed by atoms with Gasteiger partial charge in [-0.05, 0) is 124 Å². The van der Waals surface area contributed by atoms with Crippen molar-refractivity contribution in [1.82, 2.24) is 0 Å². The van der Waals surface area contributed by atoms with Gasteiger partial charge < -0.3 is 9.80 Å². The summed E-state index contributed by atoms with van der Waals surface area (Å²) in [6, 6.07) is 88.4. The van der Waals surface area contributed by atoms with Gasteiger partial charge in [-0.2, -0.15) is 0 Å². The molecule has 0 fully saturated rings. The molecule has 10 aromatic carbocycles. The standard InChI is InChI=1S/C60H40N2S2.C2H6/c1-5-15-41(16-6-1)43-25-31-49(32-26-43)61(47-19-9-3-10-20-47)51-39-55-54-38-46(45-29-35-58-53(37-45)52-23-13-14-24-57(52)63-58)30-36-59(54)64-60(55)56(40-51)62(48-21-11-4-12-22-48)50-33-27-44(28-34-50)42-17-7-2-8-18-42;1-2/h1-40H;1-2H3. The summed E-state index contributed by atoms with van der Waals surface area (Å²) in [5.41, 5.74) is 13.8. The number of hydrogen-bond donors (Lipinski definition) is 0. The first kappa shape index (κ1) is 41.0. The Labute approximate surface area is 394 Å². The van der Waals surface area contributed by atoms with E-state index in [1.54, 1.807) is 0 Å². The molecular weight excluding hydrogens is 837 g/mol. The van der Waals surface area contributed by atoms with E-state index < -0.39 is 0 Å². The highest BCUT2D eigenvalue weighted by Crippen LogP contribution is 2.50. The third kappa shape index (κ3) is 7.71. The van der Waals surface area contributed by atoms with E-state index in [0.29, 0.717) is 0 Å². The molecule has 4 heteroatoms. The number of fused-ring (bicyclic) bond motifs is 6. The molecule has 66 heavy (non-hydrogen) atoms. The molecule has 0 N–H and O–H groups in total. The van der Waals surface area contributed by atoms with Crippen molar-refractivity contribution in [2.75, 3.05) is 9.80 Å². The van der Waals surface area contributed by atoms with E-state index in [4.69, 9.17) is 0 Å². The maximum atomic E-state index is 2.44. The van der Waals surface area contributed by atoms with Crippen LogP contribution in [0.2, 0.25) is 0 Å². The lowest BCUT2D eigenvalue weighted by Gasteiger charge is -2.30. The van der Waals surface area contributed by atoms with Gasteiger partial charge in [-0.1, -0.05) is 166 Å². The van der Waals surface area contributed by atoms with Crippen molar-refractivity contribution < 1.29 is 0 Å². The highest BCUT2D eigenvalue weighted by atomic mass is 32.1. The first-order valence-corrected chi connectivity index (χ1v) is 24.3. The highest BCUT2D eigenvalue weighted by Gasteiger charge is 2.23. The van der Waals surface area contributed by atoms with Crippen molar-refractivity contribution in [2.24, 2.45) is 0 Å². The maximum Gasteiger partial charge on any atom is 0.0661 e. The maximum absolute atomic E-state index is 2.44. The van der Waals surface area contributed by atoms with Crippen molar-refractivity contribution >= 4 is 97.1 Å². The molecule has 0 bridgehead atoms. The second-order valence-electron chi connectivity index (χ2n) is 16.1. The van der Waals surface area contributed by atoms with E-state index in [2.05, 4.69) is 252 Å². The predicted molar refractivity (Wildman–Crippen MR) is 289 cm³/mol. The largest absolute Gasteiger partial charge is 0.310 e. The average Bonchev–Trinajstić information content (AvgIpc) is 3.97. The normalized spacial score (nSPS) is 11.2. The third-order valence-corrected chi connectivity index (χ3v) is 14.6. The van der Waals surface area contributed by atoms with Crippen LogP contribution in [0.4, 0.5) is 34.1 Å². The summed E-state index contributed by atoms with van der Waals surface area (Å²) in [6.07, 6.45) is 0.